The second-order valence-electron chi connectivity index (χ2n) is 6.54. The Morgan fingerprint density at radius 2 is 1.81 bits per heavy atom. The molecule has 138 valence electrons. The maximum absolute atomic E-state index is 13.0. The summed E-state index contributed by atoms with van der Waals surface area (Å²) in [5.74, 6) is 0.725. The molecule has 1 saturated heterocycles. The summed E-state index contributed by atoms with van der Waals surface area (Å²) in [5.41, 5.74) is 1.96. The summed E-state index contributed by atoms with van der Waals surface area (Å²) >= 11 is 3.47. The zero-order chi connectivity index (χ0) is 18.4. The number of ether oxygens (including phenoxy) is 1. The third-order valence-corrected chi connectivity index (χ3v) is 5.04. The normalized spacial score (nSPS) is 15.1. The van der Waals surface area contributed by atoms with Crippen molar-refractivity contribution in [1.82, 2.24) is 9.80 Å². The van der Waals surface area contributed by atoms with Gasteiger partial charge in [-0.1, -0.05) is 53.2 Å². The molecule has 0 spiro atoms. The Hall–Kier alpha value is -1.85. The fourth-order valence-corrected chi connectivity index (χ4v) is 3.49. The van der Waals surface area contributed by atoms with Crippen LogP contribution >= 0.6 is 15.9 Å². The van der Waals surface area contributed by atoms with E-state index >= 15 is 0 Å². The number of carbonyl (C=O) groups excluding carboxylic acids is 1. The smallest absolute Gasteiger partial charge is 0.257 e. The van der Waals surface area contributed by atoms with E-state index in [2.05, 4.69) is 52.0 Å². The fourth-order valence-electron chi connectivity index (χ4n) is 3.13. The summed E-state index contributed by atoms with van der Waals surface area (Å²) in [7, 11) is 0. The highest BCUT2D eigenvalue weighted by molar-refractivity contribution is 9.10. The van der Waals surface area contributed by atoms with Crippen molar-refractivity contribution in [2.75, 3.05) is 32.8 Å². The van der Waals surface area contributed by atoms with Crippen molar-refractivity contribution < 1.29 is 9.53 Å². The average Bonchev–Trinajstić information content (AvgIpc) is 2.68. The van der Waals surface area contributed by atoms with Gasteiger partial charge in [-0.05, 0) is 30.2 Å². The third-order valence-electron chi connectivity index (χ3n) is 4.54. The quantitative estimate of drug-likeness (QED) is 0.707. The summed E-state index contributed by atoms with van der Waals surface area (Å²) in [6.45, 7) is 6.88. The molecule has 2 aromatic carbocycles. The van der Waals surface area contributed by atoms with Gasteiger partial charge in [-0.25, -0.2) is 0 Å². The second kappa shape index (κ2) is 9.19. The van der Waals surface area contributed by atoms with Gasteiger partial charge in [-0.2, -0.15) is 0 Å². The predicted molar refractivity (Wildman–Crippen MR) is 108 cm³/mol. The first kappa shape index (κ1) is 18.9. The molecule has 1 aliphatic rings. The largest absolute Gasteiger partial charge is 0.493 e. The molecule has 26 heavy (non-hydrogen) atoms. The first-order chi connectivity index (χ1) is 12.7. The number of rotatable bonds is 6. The number of halogens is 1. The van der Waals surface area contributed by atoms with Gasteiger partial charge in [0.1, 0.15) is 5.75 Å². The van der Waals surface area contributed by atoms with Gasteiger partial charge in [-0.3, -0.25) is 9.69 Å². The molecule has 1 heterocycles. The van der Waals surface area contributed by atoms with Crippen molar-refractivity contribution in [3.05, 3.63) is 64.1 Å². The summed E-state index contributed by atoms with van der Waals surface area (Å²) in [4.78, 5) is 17.3. The van der Waals surface area contributed by atoms with E-state index in [0.29, 0.717) is 17.9 Å². The van der Waals surface area contributed by atoms with E-state index in [1.807, 2.05) is 29.2 Å². The Labute approximate surface area is 163 Å². The molecule has 4 nitrogen and oxygen atoms in total. The van der Waals surface area contributed by atoms with Crippen LogP contribution in [0.15, 0.2) is 53.0 Å². The van der Waals surface area contributed by atoms with Crippen LogP contribution in [0.1, 0.15) is 29.3 Å². The van der Waals surface area contributed by atoms with Crippen molar-refractivity contribution >= 4 is 21.8 Å². The number of amides is 1. The highest BCUT2D eigenvalue weighted by Gasteiger charge is 2.24. The molecule has 0 radical (unpaired) electrons. The summed E-state index contributed by atoms with van der Waals surface area (Å²) in [5, 5.41) is 0. The molecule has 0 unspecified atom stereocenters. The molecule has 5 heteroatoms. The minimum Gasteiger partial charge on any atom is -0.493 e. The summed E-state index contributed by atoms with van der Waals surface area (Å²) in [6.07, 6.45) is 0.919. The molecule has 3 rings (SSSR count). The number of piperazine rings is 1. The molecule has 1 aliphatic heterocycles. The molecule has 1 fully saturated rings. The van der Waals surface area contributed by atoms with Gasteiger partial charge in [-0.15, -0.1) is 0 Å². The van der Waals surface area contributed by atoms with E-state index in [1.165, 1.54) is 5.56 Å². The molecular weight excluding hydrogens is 392 g/mol. The van der Waals surface area contributed by atoms with E-state index in [0.717, 1.165) is 43.6 Å². The molecular formula is C21H25BrN2O2. The average molecular weight is 417 g/mol. The number of carbonyl (C=O) groups is 1. The lowest BCUT2D eigenvalue weighted by Gasteiger charge is -2.35. The van der Waals surface area contributed by atoms with Crippen molar-refractivity contribution in [2.45, 2.75) is 19.9 Å². The van der Waals surface area contributed by atoms with Gasteiger partial charge in [0.25, 0.3) is 5.91 Å². The Morgan fingerprint density at radius 1 is 1.08 bits per heavy atom. The lowest BCUT2D eigenvalue weighted by molar-refractivity contribution is 0.0624. The molecule has 0 aliphatic carbocycles. The number of hydrogen-bond acceptors (Lipinski definition) is 3. The minimum absolute atomic E-state index is 0.0526. The van der Waals surface area contributed by atoms with Crippen LogP contribution in [0, 0.1) is 0 Å². The topological polar surface area (TPSA) is 32.8 Å². The SMILES string of the molecule is CCCOc1ccc(Br)cc1C(=O)N1CCN(Cc2ccccc2)CC1. The first-order valence-electron chi connectivity index (χ1n) is 9.15. The van der Waals surface area contributed by atoms with E-state index < -0.39 is 0 Å². The number of hydrogen-bond donors (Lipinski definition) is 0. The van der Waals surface area contributed by atoms with Crippen molar-refractivity contribution in [1.29, 1.82) is 0 Å². The predicted octanol–water partition coefficient (Wildman–Crippen LogP) is 4.20. The van der Waals surface area contributed by atoms with Crippen LogP contribution in [0.3, 0.4) is 0 Å². The van der Waals surface area contributed by atoms with E-state index in [9.17, 15) is 4.79 Å². The third kappa shape index (κ3) is 4.86. The zero-order valence-electron chi connectivity index (χ0n) is 15.2. The summed E-state index contributed by atoms with van der Waals surface area (Å²) in [6, 6.07) is 16.1. The van der Waals surface area contributed by atoms with Crippen LogP contribution in [0.4, 0.5) is 0 Å². The maximum Gasteiger partial charge on any atom is 0.257 e. The Bertz CT molecular complexity index is 728. The van der Waals surface area contributed by atoms with Gasteiger partial charge in [0.2, 0.25) is 0 Å². The van der Waals surface area contributed by atoms with Crippen LogP contribution in [-0.4, -0.2) is 48.5 Å². The highest BCUT2D eigenvalue weighted by atomic mass is 79.9. The van der Waals surface area contributed by atoms with E-state index in [4.69, 9.17) is 4.74 Å². The van der Waals surface area contributed by atoms with E-state index in [-0.39, 0.29) is 5.91 Å². The molecule has 0 N–H and O–H groups in total. The molecule has 0 saturated carbocycles. The monoisotopic (exact) mass is 416 g/mol. The first-order valence-corrected chi connectivity index (χ1v) is 9.94. The molecule has 0 aromatic heterocycles. The van der Waals surface area contributed by atoms with Crippen LogP contribution in [-0.2, 0) is 6.54 Å². The lowest BCUT2D eigenvalue weighted by Crippen LogP contribution is -2.48. The molecule has 0 bridgehead atoms. The van der Waals surface area contributed by atoms with Gasteiger partial charge >= 0.3 is 0 Å². The molecule has 0 atom stereocenters. The zero-order valence-corrected chi connectivity index (χ0v) is 16.7. The Balaban J connectivity index is 1.62. The maximum atomic E-state index is 13.0. The highest BCUT2D eigenvalue weighted by Crippen LogP contribution is 2.25. The van der Waals surface area contributed by atoms with Crippen LogP contribution in [0.2, 0.25) is 0 Å². The van der Waals surface area contributed by atoms with Crippen LogP contribution < -0.4 is 4.74 Å². The number of benzene rings is 2. The van der Waals surface area contributed by atoms with Crippen molar-refractivity contribution in [2.24, 2.45) is 0 Å². The minimum atomic E-state index is 0.0526. The van der Waals surface area contributed by atoms with Crippen molar-refractivity contribution in [3.63, 3.8) is 0 Å². The number of nitrogens with zero attached hydrogens (tertiary/aromatic N) is 2. The summed E-state index contributed by atoms with van der Waals surface area (Å²) < 4.78 is 6.67. The standard InChI is InChI=1S/C21H25BrN2O2/c1-2-14-26-20-9-8-18(22)15-19(20)21(25)24-12-10-23(11-13-24)16-17-6-4-3-5-7-17/h3-9,15H,2,10-14,16H2,1H3. The van der Waals surface area contributed by atoms with Gasteiger partial charge in [0.05, 0.1) is 12.2 Å². The van der Waals surface area contributed by atoms with Gasteiger partial charge in [0.15, 0.2) is 0 Å². The Kier molecular flexibility index (Phi) is 6.69. The van der Waals surface area contributed by atoms with Crippen LogP contribution in [0.25, 0.3) is 0 Å². The van der Waals surface area contributed by atoms with Gasteiger partial charge in [0, 0.05) is 37.2 Å². The van der Waals surface area contributed by atoms with Crippen molar-refractivity contribution in [3.8, 4) is 5.75 Å². The fraction of sp³-hybridized carbons (Fsp3) is 0.381. The Morgan fingerprint density at radius 3 is 2.50 bits per heavy atom. The molecule has 2 aromatic rings. The molecule has 1 amide bonds. The lowest BCUT2D eigenvalue weighted by atomic mass is 10.1. The second-order valence-corrected chi connectivity index (χ2v) is 7.46. The van der Waals surface area contributed by atoms with Gasteiger partial charge < -0.3 is 9.64 Å². The van der Waals surface area contributed by atoms with E-state index in [1.54, 1.807) is 0 Å². The van der Waals surface area contributed by atoms with Crippen LogP contribution in [0.5, 0.6) is 5.75 Å².